The summed E-state index contributed by atoms with van der Waals surface area (Å²) < 4.78 is 17.5. The molecule has 2 N–H and O–H groups in total. The highest BCUT2D eigenvalue weighted by atomic mass is 19.1. The van der Waals surface area contributed by atoms with E-state index in [0.29, 0.717) is 17.0 Å². The van der Waals surface area contributed by atoms with Crippen molar-refractivity contribution in [3.63, 3.8) is 0 Å². The number of fused-ring (bicyclic) bond motifs is 2. The largest absolute Gasteiger partial charge is 0.383 e. The van der Waals surface area contributed by atoms with Crippen LogP contribution in [-0.2, 0) is 0 Å². The van der Waals surface area contributed by atoms with Crippen LogP contribution in [-0.4, -0.2) is 34.5 Å². The van der Waals surface area contributed by atoms with Gasteiger partial charge in [0.25, 0.3) is 0 Å². The molecule has 0 fully saturated rings. The number of nitrogens with zero attached hydrogens (tertiary/aromatic N) is 7. The smallest absolute Gasteiger partial charge is 0.164 e. The lowest BCUT2D eigenvalue weighted by Crippen LogP contribution is -2.11. The quantitative estimate of drug-likeness (QED) is 0.509. The standard InChI is InChI=1S/C20H17FN8/c1-11-17-19(22)24-10-25-20(17)28(26-11)12(2)18-15-6-5-13(21)8-16(15)29(27-18)14-4-3-7-23-9-14/h3-10,12H,1-2H3,(H2,22,24,25). The summed E-state index contributed by atoms with van der Waals surface area (Å²) in [6.45, 7) is 3.84. The molecule has 5 rings (SSSR count). The minimum Gasteiger partial charge on any atom is -0.383 e. The van der Waals surface area contributed by atoms with Crippen molar-refractivity contribution in [2.45, 2.75) is 19.9 Å². The Morgan fingerprint density at radius 1 is 1.14 bits per heavy atom. The number of aromatic nitrogens is 7. The number of halogens is 1. The van der Waals surface area contributed by atoms with E-state index in [9.17, 15) is 4.39 Å². The van der Waals surface area contributed by atoms with Crippen LogP contribution in [0.15, 0.2) is 49.1 Å². The van der Waals surface area contributed by atoms with Crippen molar-refractivity contribution in [2.24, 2.45) is 0 Å². The summed E-state index contributed by atoms with van der Waals surface area (Å²) in [5.41, 5.74) is 9.54. The molecule has 144 valence electrons. The number of nitrogen functional groups attached to an aromatic ring is 1. The molecule has 0 saturated carbocycles. The molecule has 0 bridgehead atoms. The molecule has 1 aromatic carbocycles. The van der Waals surface area contributed by atoms with E-state index in [1.165, 1.54) is 18.5 Å². The fraction of sp³-hybridized carbons (Fsp3) is 0.150. The normalized spacial score (nSPS) is 12.7. The Bertz CT molecular complexity index is 1360. The first kappa shape index (κ1) is 17.2. The Kier molecular flexibility index (Phi) is 3.76. The van der Waals surface area contributed by atoms with Gasteiger partial charge in [0.1, 0.15) is 18.0 Å². The van der Waals surface area contributed by atoms with Crippen molar-refractivity contribution in [1.82, 2.24) is 34.5 Å². The van der Waals surface area contributed by atoms with Crippen LogP contribution in [0.5, 0.6) is 0 Å². The molecule has 0 saturated heterocycles. The first-order valence-electron chi connectivity index (χ1n) is 9.08. The van der Waals surface area contributed by atoms with Gasteiger partial charge in [-0.2, -0.15) is 10.2 Å². The van der Waals surface area contributed by atoms with E-state index >= 15 is 0 Å². The van der Waals surface area contributed by atoms with Crippen LogP contribution in [0.1, 0.15) is 24.4 Å². The van der Waals surface area contributed by atoms with Crippen LogP contribution < -0.4 is 5.73 Å². The SMILES string of the molecule is Cc1nn(C(C)c2nn(-c3cccnc3)c3cc(F)ccc23)c2ncnc(N)c12. The second-order valence-corrected chi connectivity index (χ2v) is 6.83. The highest BCUT2D eigenvalue weighted by Crippen LogP contribution is 2.31. The molecular formula is C20H17FN8. The molecule has 1 atom stereocenters. The monoisotopic (exact) mass is 388 g/mol. The van der Waals surface area contributed by atoms with Crippen LogP contribution in [0.2, 0.25) is 0 Å². The second-order valence-electron chi connectivity index (χ2n) is 6.83. The third-order valence-corrected chi connectivity index (χ3v) is 5.02. The van der Waals surface area contributed by atoms with Gasteiger partial charge < -0.3 is 5.73 Å². The molecule has 0 aliphatic heterocycles. The Morgan fingerprint density at radius 2 is 2.00 bits per heavy atom. The number of rotatable bonds is 3. The van der Waals surface area contributed by atoms with E-state index in [2.05, 4.69) is 20.1 Å². The number of anilines is 1. The van der Waals surface area contributed by atoms with E-state index in [4.69, 9.17) is 10.8 Å². The van der Waals surface area contributed by atoms with Gasteiger partial charge in [-0.15, -0.1) is 0 Å². The molecule has 4 aromatic heterocycles. The number of hydrogen-bond acceptors (Lipinski definition) is 6. The zero-order valence-electron chi connectivity index (χ0n) is 15.8. The average molecular weight is 388 g/mol. The third kappa shape index (κ3) is 2.62. The first-order chi connectivity index (χ1) is 14.0. The van der Waals surface area contributed by atoms with E-state index < -0.39 is 0 Å². The number of pyridine rings is 1. The highest BCUT2D eigenvalue weighted by Gasteiger charge is 2.23. The lowest BCUT2D eigenvalue weighted by Gasteiger charge is -2.11. The average Bonchev–Trinajstić information content (AvgIpc) is 3.27. The van der Waals surface area contributed by atoms with Crippen molar-refractivity contribution in [3.05, 3.63) is 66.3 Å². The first-order valence-corrected chi connectivity index (χ1v) is 9.08. The minimum absolute atomic E-state index is 0.272. The van der Waals surface area contributed by atoms with E-state index in [0.717, 1.165) is 27.8 Å². The highest BCUT2D eigenvalue weighted by molar-refractivity contribution is 5.88. The summed E-state index contributed by atoms with van der Waals surface area (Å²) in [6.07, 6.45) is 4.79. The maximum absolute atomic E-state index is 14.0. The zero-order valence-corrected chi connectivity index (χ0v) is 15.8. The van der Waals surface area contributed by atoms with Gasteiger partial charge in [0, 0.05) is 17.6 Å². The number of nitrogens with two attached hydrogens (primary N) is 1. The molecule has 0 spiro atoms. The Balaban J connectivity index is 1.75. The molecule has 0 aliphatic rings. The van der Waals surface area contributed by atoms with E-state index in [-0.39, 0.29) is 11.9 Å². The Labute approximate surface area is 164 Å². The molecule has 5 aromatic rings. The van der Waals surface area contributed by atoms with Crippen LogP contribution >= 0.6 is 0 Å². The molecule has 4 heterocycles. The molecule has 0 amide bonds. The van der Waals surface area contributed by atoms with Crippen molar-refractivity contribution in [2.75, 3.05) is 5.73 Å². The maximum Gasteiger partial charge on any atom is 0.164 e. The fourth-order valence-electron chi connectivity index (χ4n) is 3.65. The lowest BCUT2D eigenvalue weighted by atomic mass is 10.1. The molecular weight excluding hydrogens is 371 g/mol. The van der Waals surface area contributed by atoms with Crippen molar-refractivity contribution in [3.8, 4) is 5.69 Å². The molecule has 0 radical (unpaired) electrons. The summed E-state index contributed by atoms with van der Waals surface area (Å²) in [5, 5.41) is 11.0. The summed E-state index contributed by atoms with van der Waals surface area (Å²) in [6, 6.07) is 8.05. The van der Waals surface area contributed by atoms with E-state index in [1.807, 2.05) is 26.0 Å². The summed E-state index contributed by atoms with van der Waals surface area (Å²) in [5.74, 6) is 0.0569. The van der Waals surface area contributed by atoms with Crippen LogP contribution in [0.3, 0.4) is 0 Å². The van der Waals surface area contributed by atoms with Crippen molar-refractivity contribution < 1.29 is 4.39 Å². The zero-order chi connectivity index (χ0) is 20.1. The van der Waals surface area contributed by atoms with Gasteiger partial charge in [-0.05, 0) is 38.1 Å². The van der Waals surface area contributed by atoms with E-state index in [1.54, 1.807) is 27.8 Å². The molecule has 0 aliphatic carbocycles. The fourth-order valence-corrected chi connectivity index (χ4v) is 3.65. The minimum atomic E-state index is -0.331. The van der Waals surface area contributed by atoms with Gasteiger partial charge in [0.2, 0.25) is 0 Å². The van der Waals surface area contributed by atoms with Gasteiger partial charge >= 0.3 is 0 Å². The Morgan fingerprint density at radius 3 is 2.79 bits per heavy atom. The van der Waals surface area contributed by atoms with Crippen molar-refractivity contribution >= 4 is 27.8 Å². The summed E-state index contributed by atoms with van der Waals surface area (Å²) >= 11 is 0. The molecule has 9 heteroatoms. The lowest BCUT2D eigenvalue weighted by molar-refractivity contribution is 0.559. The Hall–Kier alpha value is -3.88. The van der Waals surface area contributed by atoms with Crippen molar-refractivity contribution in [1.29, 1.82) is 0 Å². The molecule has 8 nitrogen and oxygen atoms in total. The predicted octanol–water partition coefficient (Wildman–Crippen LogP) is 3.20. The topological polar surface area (TPSA) is 100 Å². The van der Waals surface area contributed by atoms with Gasteiger partial charge in [-0.3, -0.25) is 4.98 Å². The van der Waals surface area contributed by atoms with Crippen LogP contribution in [0.4, 0.5) is 10.2 Å². The predicted molar refractivity (Wildman–Crippen MR) is 107 cm³/mol. The van der Waals surface area contributed by atoms with Gasteiger partial charge in [-0.1, -0.05) is 0 Å². The van der Waals surface area contributed by atoms with Gasteiger partial charge in [-0.25, -0.2) is 23.7 Å². The summed E-state index contributed by atoms with van der Waals surface area (Å²) in [7, 11) is 0. The molecule has 29 heavy (non-hydrogen) atoms. The third-order valence-electron chi connectivity index (χ3n) is 5.02. The molecule has 1 unspecified atom stereocenters. The number of benzene rings is 1. The van der Waals surface area contributed by atoms with Gasteiger partial charge in [0.05, 0.1) is 40.2 Å². The maximum atomic E-state index is 14.0. The van der Waals surface area contributed by atoms with Crippen LogP contribution in [0.25, 0.3) is 27.6 Å². The summed E-state index contributed by atoms with van der Waals surface area (Å²) in [4.78, 5) is 12.6. The van der Waals surface area contributed by atoms with Crippen LogP contribution in [0, 0.1) is 12.7 Å². The number of hydrogen-bond donors (Lipinski definition) is 1. The second kappa shape index (κ2) is 6.33. The van der Waals surface area contributed by atoms with Gasteiger partial charge in [0.15, 0.2) is 5.65 Å². The number of aryl methyl sites for hydroxylation is 1.